The molecule has 0 bridgehead atoms. The van der Waals surface area contributed by atoms with Crippen LogP contribution in [0.5, 0.6) is 0 Å². The van der Waals surface area contributed by atoms with Crippen LogP contribution < -0.4 is 5.32 Å². The third-order valence-corrected chi connectivity index (χ3v) is 2.60. The number of benzene rings is 1. The summed E-state index contributed by atoms with van der Waals surface area (Å²) in [5.41, 5.74) is 2.18. The van der Waals surface area contributed by atoms with Gasteiger partial charge in [-0.3, -0.25) is 0 Å². The minimum Gasteiger partial charge on any atom is -0.456 e. The third-order valence-electron chi connectivity index (χ3n) is 2.60. The van der Waals surface area contributed by atoms with Crippen LogP contribution >= 0.6 is 0 Å². The van der Waals surface area contributed by atoms with Crippen LogP contribution in [0.15, 0.2) is 34.8 Å². The van der Waals surface area contributed by atoms with Gasteiger partial charge in [-0.15, -0.1) is 0 Å². The Morgan fingerprint density at radius 1 is 1.38 bits per heavy atom. The molecule has 0 fully saturated rings. The van der Waals surface area contributed by atoms with Crippen molar-refractivity contribution in [3.8, 4) is 0 Å². The first-order chi connectivity index (χ1) is 7.81. The van der Waals surface area contributed by atoms with Crippen LogP contribution in [-0.2, 0) is 0 Å². The molecule has 84 valence electrons. The van der Waals surface area contributed by atoms with E-state index in [2.05, 4.69) is 42.6 Å². The molecule has 16 heavy (non-hydrogen) atoms. The van der Waals surface area contributed by atoms with E-state index in [1.807, 2.05) is 13.1 Å². The number of furan rings is 1. The molecule has 2 nitrogen and oxygen atoms in total. The average Bonchev–Trinajstić information content (AvgIpc) is 2.69. The normalized spacial score (nSPS) is 11.6. The SMILES string of the molecule is CNCC/C=C/c1cc2cccc(C)c2o1. The van der Waals surface area contributed by atoms with Gasteiger partial charge in [0.1, 0.15) is 11.3 Å². The van der Waals surface area contributed by atoms with E-state index >= 15 is 0 Å². The smallest absolute Gasteiger partial charge is 0.137 e. The van der Waals surface area contributed by atoms with E-state index in [1.165, 1.54) is 10.9 Å². The lowest BCUT2D eigenvalue weighted by molar-refractivity contribution is 0.601. The van der Waals surface area contributed by atoms with Gasteiger partial charge in [-0.2, -0.15) is 0 Å². The molecule has 0 amide bonds. The van der Waals surface area contributed by atoms with Gasteiger partial charge < -0.3 is 9.73 Å². The Morgan fingerprint density at radius 3 is 3.00 bits per heavy atom. The zero-order valence-electron chi connectivity index (χ0n) is 9.79. The quantitative estimate of drug-likeness (QED) is 0.791. The zero-order valence-corrected chi connectivity index (χ0v) is 9.79. The molecule has 0 saturated carbocycles. The fraction of sp³-hybridized carbons (Fsp3) is 0.286. The first kappa shape index (κ1) is 11.0. The molecule has 2 aromatic rings. The van der Waals surface area contributed by atoms with Crippen LogP contribution in [0.4, 0.5) is 0 Å². The van der Waals surface area contributed by atoms with Crippen molar-refractivity contribution in [2.45, 2.75) is 13.3 Å². The van der Waals surface area contributed by atoms with E-state index in [9.17, 15) is 0 Å². The standard InChI is InChI=1S/C14H17NO/c1-11-6-5-7-12-10-13(16-14(11)12)8-3-4-9-15-2/h3,5-8,10,15H,4,9H2,1-2H3/b8-3+. The highest BCUT2D eigenvalue weighted by molar-refractivity contribution is 5.82. The van der Waals surface area contributed by atoms with Gasteiger partial charge in [0.2, 0.25) is 0 Å². The fourth-order valence-corrected chi connectivity index (χ4v) is 1.74. The molecule has 2 heteroatoms. The maximum atomic E-state index is 5.77. The Morgan fingerprint density at radius 2 is 2.25 bits per heavy atom. The number of hydrogen-bond acceptors (Lipinski definition) is 2. The Hall–Kier alpha value is -1.54. The number of fused-ring (bicyclic) bond motifs is 1. The number of hydrogen-bond donors (Lipinski definition) is 1. The van der Waals surface area contributed by atoms with Crippen molar-refractivity contribution >= 4 is 17.0 Å². The molecule has 0 aliphatic carbocycles. The minimum atomic E-state index is 0.931. The first-order valence-electron chi connectivity index (χ1n) is 5.61. The number of rotatable bonds is 4. The van der Waals surface area contributed by atoms with Gasteiger partial charge in [0.25, 0.3) is 0 Å². The summed E-state index contributed by atoms with van der Waals surface area (Å²) in [7, 11) is 1.96. The topological polar surface area (TPSA) is 25.2 Å². The number of aryl methyl sites for hydroxylation is 1. The lowest BCUT2D eigenvalue weighted by Gasteiger charge is -1.92. The summed E-state index contributed by atoms with van der Waals surface area (Å²) in [5.74, 6) is 0.931. The molecule has 0 saturated heterocycles. The molecule has 0 radical (unpaired) electrons. The van der Waals surface area contributed by atoms with Crippen molar-refractivity contribution in [1.29, 1.82) is 0 Å². The molecule has 0 atom stereocenters. The lowest BCUT2D eigenvalue weighted by Crippen LogP contribution is -2.05. The predicted molar refractivity (Wildman–Crippen MR) is 68.5 cm³/mol. The van der Waals surface area contributed by atoms with Crippen molar-refractivity contribution in [3.63, 3.8) is 0 Å². The summed E-state index contributed by atoms with van der Waals surface area (Å²) in [6.45, 7) is 3.07. The van der Waals surface area contributed by atoms with Gasteiger partial charge in [-0.1, -0.05) is 24.3 Å². The summed E-state index contributed by atoms with van der Waals surface area (Å²) >= 11 is 0. The number of para-hydroxylation sites is 1. The van der Waals surface area contributed by atoms with Crippen LogP contribution in [0, 0.1) is 6.92 Å². The van der Waals surface area contributed by atoms with Crippen LogP contribution in [0.3, 0.4) is 0 Å². The largest absolute Gasteiger partial charge is 0.456 e. The lowest BCUT2D eigenvalue weighted by atomic mass is 10.2. The molecule has 1 aromatic heterocycles. The van der Waals surface area contributed by atoms with E-state index in [1.54, 1.807) is 0 Å². The molecule has 0 aliphatic heterocycles. The van der Waals surface area contributed by atoms with Crippen molar-refractivity contribution in [3.05, 3.63) is 41.7 Å². The fourth-order valence-electron chi connectivity index (χ4n) is 1.74. The molecule has 0 aliphatic rings. The molecule has 1 aromatic carbocycles. The zero-order chi connectivity index (χ0) is 11.4. The van der Waals surface area contributed by atoms with Gasteiger partial charge in [0.15, 0.2) is 0 Å². The monoisotopic (exact) mass is 215 g/mol. The Bertz CT molecular complexity index is 496. The van der Waals surface area contributed by atoms with Crippen molar-refractivity contribution < 1.29 is 4.42 Å². The van der Waals surface area contributed by atoms with Gasteiger partial charge in [0.05, 0.1) is 0 Å². The van der Waals surface area contributed by atoms with Crippen LogP contribution in [0.2, 0.25) is 0 Å². The summed E-state index contributed by atoms with van der Waals surface area (Å²) in [4.78, 5) is 0. The third kappa shape index (κ3) is 2.34. The highest BCUT2D eigenvalue weighted by atomic mass is 16.3. The number of nitrogens with one attached hydrogen (secondary N) is 1. The van der Waals surface area contributed by atoms with Gasteiger partial charge in [-0.25, -0.2) is 0 Å². The van der Waals surface area contributed by atoms with E-state index in [0.29, 0.717) is 0 Å². The van der Waals surface area contributed by atoms with Crippen molar-refractivity contribution in [1.82, 2.24) is 5.32 Å². The molecule has 0 spiro atoms. The molecule has 0 unspecified atom stereocenters. The Kier molecular flexibility index (Phi) is 3.42. The summed E-state index contributed by atoms with van der Waals surface area (Å²) < 4.78 is 5.77. The maximum absolute atomic E-state index is 5.77. The first-order valence-corrected chi connectivity index (χ1v) is 5.61. The second-order valence-electron chi connectivity index (χ2n) is 3.94. The van der Waals surface area contributed by atoms with E-state index in [-0.39, 0.29) is 0 Å². The van der Waals surface area contributed by atoms with Crippen molar-refractivity contribution in [2.24, 2.45) is 0 Å². The maximum Gasteiger partial charge on any atom is 0.137 e. The van der Waals surface area contributed by atoms with Crippen LogP contribution in [0.25, 0.3) is 17.0 Å². The summed E-state index contributed by atoms with van der Waals surface area (Å²) in [6.07, 6.45) is 5.19. The van der Waals surface area contributed by atoms with Crippen LogP contribution in [-0.4, -0.2) is 13.6 Å². The molecule has 1 N–H and O–H groups in total. The van der Waals surface area contributed by atoms with Gasteiger partial charge in [-0.05, 0) is 44.6 Å². The summed E-state index contributed by atoms with van der Waals surface area (Å²) in [5, 5.41) is 4.28. The summed E-state index contributed by atoms with van der Waals surface area (Å²) in [6, 6.07) is 8.29. The Balaban J connectivity index is 2.20. The minimum absolute atomic E-state index is 0.931. The molecule has 2 rings (SSSR count). The van der Waals surface area contributed by atoms with Crippen LogP contribution in [0.1, 0.15) is 17.7 Å². The van der Waals surface area contributed by atoms with E-state index in [0.717, 1.165) is 24.3 Å². The highest BCUT2D eigenvalue weighted by Gasteiger charge is 2.02. The molecule has 1 heterocycles. The second kappa shape index (κ2) is 4.99. The average molecular weight is 215 g/mol. The van der Waals surface area contributed by atoms with Gasteiger partial charge in [0, 0.05) is 5.39 Å². The molecular formula is C14H17NO. The van der Waals surface area contributed by atoms with Crippen molar-refractivity contribution in [2.75, 3.05) is 13.6 Å². The van der Waals surface area contributed by atoms with E-state index in [4.69, 9.17) is 4.42 Å². The molecular weight excluding hydrogens is 198 g/mol. The van der Waals surface area contributed by atoms with E-state index < -0.39 is 0 Å². The van der Waals surface area contributed by atoms with Gasteiger partial charge >= 0.3 is 0 Å². The Labute approximate surface area is 96.0 Å². The second-order valence-corrected chi connectivity index (χ2v) is 3.94. The highest BCUT2D eigenvalue weighted by Crippen LogP contribution is 2.23. The predicted octanol–water partition coefficient (Wildman–Crippen LogP) is 3.36.